The average molecular weight is 284 g/mol. The van der Waals surface area contributed by atoms with Gasteiger partial charge in [-0.05, 0) is 25.7 Å². The summed E-state index contributed by atoms with van der Waals surface area (Å²) in [5, 5.41) is 0. The van der Waals surface area contributed by atoms with E-state index in [4.69, 9.17) is 10.5 Å². The van der Waals surface area contributed by atoms with E-state index < -0.39 is 0 Å². The van der Waals surface area contributed by atoms with Crippen molar-refractivity contribution in [1.82, 2.24) is 4.90 Å². The van der Waals surface area contributed by atoms with E-state index in [1.54, 1.807) is 7.11 Å². The van der Waals surface area contributed by atoms with Gasteiger partial charge in [-0.25, -0.2) is 0 Å². The summed E-state index contributed by atoms with van der Waals surface area (Å²) in [6.07, 6.45) is 7.38. The van der Waals surface area contributed by atoms with Crippen LogP contribution in [0.5, 0.6) is 0 Å². The third-order valence-corrected chi connectivity index (χ3v) is 4.84. The fraction of sp³-hybridized carbons (Fsp3) is 0.938. The van der Waals surface area contributed by atoms with Crippen molar-refractivity contribution >= 4 is 5.91 Å². The van der Waals surface area contributed by atoms with Gasteiger partial charge >= 0.3 is 0 Å². The van der Waals surface area contributed by atoms with E-state index in [1.165, 1.54) is 6.42 Å². The summed E-state index contributed by atoms with van der Waals surface area (Å²) in [7, 11) is 1.69. The second-order valence-corrected chi connectivity index (χ2v) is 6.01. The number of nitrogens with two attached hydrogens (primary N) is 1. The third kappa shape index (κ3) is 3.95. The Morgan fingerprint density at radius 3 is 2.30 bits per heavy atom. The summed E-state index contributed by atoms with van der Waals surface area (Å²) in [6.45, 7) is 6.07. The number of carbonyl (C=O) groups excluding carboxylic acids is 1. The summed E-state index contributed by atoms with van der Waals surface area (Å²) < 4.78 is 5.19. The van der Waals surface area contributed by atoms with E-state index >= 15 is 0 Å². The van der Waals surface area contributed by atoms with Gasteiger partial charge in [0.1, 0.15) is 0 Å². The first-order valence-electron chi connectivity index (χ1n) is 8.15. The molecule has 1 fully saturated rings. The highest BCUT2D eigenvalue weighted by Crippen LogP contribution is 2.37. The van der Waals surface area contributed by atoms with Gasteiger partial charge in [0.25, 0.3) is 0 Å². The molecule has 4 nitrogen and oxygen atoms in total. The molecule has 1 rings (SSSR count). The molecule has 4 heteroatoms. The van der Waals surface area contributed by atoms with Crippen molar-refractivity contribution < 1.29 is 9.53 Å². The van der Waals surface area contributed by atoms with Crippen molar-refractivity contribution in [1.29, 1.82) is 0 Å². The van der Waals surface area contributed by atoms with E-state index in [2.05, 4.69) is 13.8 Å². The summed E-state index contributed by atoms with van der Waals surface area (Å²) in [5.41, 5.74) is 5.70. The van der Waals surface area contributed by atoms with Gasteiger partial charge in [0.05, 0.1) is 12.0 Å². The normalized spacial score (nSPS) is 18.2. The topological polar surface area (TPSA) is 55.6 Å². The third-order valence-electron chi connectivity index (χ3n) is 4.84. The van der Waals surface area contributed by atoms with Crippen LogP contribution < -0.4 is 5.73 Å². The standard InChI is InChI=1S/C16H32N2O2/c1-4-14(5-2)18(11-12-20-3)15(19)16(13-17)9-7-6-8-10-16/h14H,4-13,17H2,1-3H3. The van der Waals surface area contributed by atoms with Crippen LogP contribution in [0.25, 0.3) is 0 Å². The average Bonchev–Trinajstić information content (AvgIpc) is 2.51. The van der Waals surface area contributed by atoms with Gasteiger partial charge in [-0.2, -0.15) is 0 Å². The Balaban J connectivity index is 2.88. The number of hydrogen-bond donors (Lipinski definition) is 1. The molecule has 1 amide bonds. The van der Waals surface area contributed by atoms with Gasteiger partial charge in [0.15, 0.2) is 0 Å². The Bertz CT molecular complexity index is 284. The molecule has 0 aliphatic heterocycles. The molecule has 0 radical (unpaired) electrons. The summed E-state index contributed by atoms with van der Waals surface area (Å²) in [5.74, 6) is 0.269. The highest BCUT2D eigenvalue weighted by Gasteiger charge is 2.41. The number of hydrogen-bond acceptors (Lipinski definition) is 3. The van der Waals surface area contributed by atoms with Gasteiger partial charge in [-0.3, -0.25) is 4.79 Å². The van der Waals surface area contributed by atoms with Crippen LogP contribution in [0.3, 0.4) is 0 Å². The van der Waals surface area contributed by atoms with E-state index in [0.717, 1.165) is 38.5 Å². The number of nitrogens with zero attached hydrogens (tertiary/aromatic N) is 1. The van der Waals surface area contributed by atoms with Crippen LogP contribution in [0.1, 0.15) is 58.8 Å². The Labute approximate surface area is 124 Å². The summed E-state index contributed by atoms with van der Waals surface area (Å²) in [6, 6.07) is 0.308. The van der Waals surface area contributed by atoms with Crippen molar-refractivity contribution in [2.24, 2.45) is 11.1 Å². The maximum atomic E-state index is 13.1. The molecule has 20 heavy (non-hydrogen) atoms. The molecule has 2 N–H and O–H groups in total. The zero-order valence-electron chi connectivity index (χ0n) is 13.5. The second-order valence-electron chi connectivity index (χ2n) is 6.01. The van der Waals surface area contributed by atoms with Crippen molar-refractivity contribution in [2.75, 3.05) is 26.8 Å². The summed E-state index contributed by atoms with van der Waals surface area (Å²) >= 11 is 0. The monoisotopic (exact) mass is 284 g/mol. The van der Waals surface area contributed by atoms with Crippen LogP contribution in [-0.2, 0) is 9.53 Å². The zero-order valence-corrected chi connectivity index (χ0v) is 13.5. The highest BCUT2D eigenvalue weighted by atomic mass is 16.5. The lowest BCUT2D eigenvalue weighted by atomic mass is 9.72. The highest BCUT2D eigenvalue weighted by molar-refractivity contribution is 5.83. The van der Waals surface area contributed by atoms with Crippen LogP contribution in [-0.4, -0.2) is 43.7 Å². The van der Waals surface area contributed by atoms with Gasteiger partial charge in [-0.15, -0.1) is 0 Å². The minimum absolute atomic E-state index is 0.269. The lowest BCUT2D eigenvalue weighted by Crippen LogP contribution is -2.53. The van der Waals surface area contributed by atoms with Crippen LogP contribution in [0.4, 0.5) is 0 Å². The molecule has 0 bridgehead atoms. The van der Waals surface area contributed by atoms with Gasteiger partial charge < -0.3 is 15.4 Å². The zero-order chi connectivity index (χ0) is 15.0. The smallest absolute Gasteiger partial charge is 0.230 e. The quantitative estimate of drug-likeness (QED) is 0.745. The predicted octanol–water partition coefficient (Wildman–Crippen LogP) is 2.56. The Hall–Kier alpha value is -0.610. The van der Waals surface area contributed by atoms with Crippen LogP contribution >= 0.6 is 0 Å². The number of methoxy groups -OCH3 is 1. The lowest BCUT2D eigenvalue weighted by molar-refractivity contribution is -0.147. The van der Waals surface area contributed by atoms with Crippen molar-refractivity contribution in [3.05, 3.63) is 0 Å². The number of amides is 1. The molecule has 1 aliphatic rings. The molecule has 1 aliphatic carbocycles. The van der Waals surface area contributed by atoms with E-state index in [-0.39, 0.29) is 11.3 Å². The molecule has 0 atom stereocenters. The number of carbonyl (C=O) groups is 1. The lowest BCUT2D eigenvalue weighted by Gasteiger charge is -2.42. The maximum absolute atomic E-state index is 13.1. The summed E-state index contributed by atoms with van der Waals surface area (Å²) in [4.78, 5) is 15.2. The molecule has 1 saturated carbocycles. The number of ether oxygens (including phenoxy) is 1. The Kier molecular flexibility index (Phi) is 7.52. The molecule has 0 aromatic heterocycles. The first-order valence-corrected chi connectivity index (χ1v) is 8.15. The molecule has 0 spiro atoms. The Morgan fingerprint density at radius 1 is 1.25 bits per heavy atom. The molecule has 0 aromatic rings. The molecular formula is C16H32N2O2. The van der Waals surface area contributed by atoms with E-state index in [1.807, 2.05) is 4.90 Å². The fourth-order valence-electron chi connectivity index (χ4n) is 3.41. The van der Waals surface area contributed by atoms with Crippen molar-refractivity contribution in [3.8, 4) is 0 Å². The molecule has 0 saturated heterocycles. The van der Waals surface area contributed by atoms with Gasteiger partial charge in [0.2, 0.25) is 5.91 Å². The fourth-order valence-corrected chi connectivity index (χ4v) is 3.41. The minimum atomic E-state index is -0.311. The van der Waals surface area contributed by atoms with E-state index in [9.17, 15) is 4.79 Å². The SMILES string of the molecule is CCC(CC)N(CCOC)C(=O)C1(CN)CCCCC1. The molecule has 0 heterocycles. The van der Waals surface area contributed by atoms with Gasteiger partial charge in [-0.1, -0.05) is 33.1 Å². The first-order chi connectivity index (χ1) is 9.65. The van der Waals surface area contributed by atoms with E-state index in [0.29, 0.717) is 25.7 Å². The number of rotatable bonds is 8. The van der Waals surface area contributed by atoms with Gasteiger partial charge in [0, 0.05) is 26.2 Å². The minimum Gasteiger partial charge on any atom is -0.383 e. The second kappa shape index (κ2) is 8.63. The predicted molar refractivity (Wildman–Crippen MR) is 82.5 cm³/mol. The van der Waals surface area contributed by atoms with Crippen LogP contribution in [0.15, 0.2) is 0 Å². The van der Waals surface area contributed by atoms with Crippen molar-refractivity contribution in [3.63, 3.8) is 0 Å². The van der Waals surface area contributed by atoms with Crippen molar-refractivity contribution in [2.45, 2.75) is 64.8 Å². The van der Waals surface area contributed by atoms with Crippen LogP contribution in [0.2, 0.25) is 0 Å². The first kappa shape index (κ1) is 17.4. The molecular weight excluding hydrogens is 252 g/mol. The largest absolute Gasteiger partial charge is 0.383 e. The maximum Gasteiger partial charge on any atom is 0.230 e. The van der Waals surface area contributed by atoms with Crippen LogP contribution in [0, 0.1) is 5.41 Å². The molecule has 0 aromatic carbocycles. The molecule has 0 unspecified atom stereocenters. The Morgan fingerprint density at radius 2 is 1.85 bits per heavy atom. The molecule has 118 valence electrons.